The van der Waals surface area contributed by atoms with Gasteiger partial charge in [0, 0.05) is 27.9 Å². The molecule has 2 bridgehead atoms. The van der Waals surface area contributed by atoms with E-state index in [1.54, 1.807) is 42.5 Å². The molecule has 2 saturated carbocycles. The summed E-state index contributed by atoms with van der Waals surface area (Å²) < 4.78 is 5.47. The summed E-state index contributed by atoms with van der Waals surface area (Å²) in [5.74, 6) is -1.23. The molecule has 0 spiro atoms. The van der Waals surface area contributed by atoms with E-state index in [9.17, 15) is 14.4 Å². The van der Waals surface area contributed by atoms with Crippen molar-refractivity contribution in [3.63, 3.8) is 0 Å². The Labute approximate surface area is 192 Å². The Morgan fingerprint density at radius 1 is 1.10 bits per heavy atom. The van der Waals surface area contributed by atoms with Crippen molar-refractivity contribution in [3.05, 3.63) is 58.6 Å². The molecule has 0 aromatic heterocycles. The predicted octanol–water partition coefficient (Wildman–Crippen LogP) is 4.41. The van der Waals surface area contributed by atoms with Gasteiger partial charge in [-0.15, -0.1) is 0 Å². The Kier molecular flexibility index (Phi) is 5.06. The third-order valence-electron chi connectivity index (χ3n) is 6.76. The lowest BCUT2D eigenvalue weighted by molar-refractivity contribution is -0.145. The summed E-state index contributed by atoms with van der Waals surface area (Å²) in [6, 6.07) is 12.0. The second-order valence-corrected chi connectivity index (χ2v) is 9.86. The average molecular weight is 504 g/mol. The number of ether oxygens (including phenoxy) is 1. The minimum Gasteiger partial charge on any atom is -0.461 e. The zero-order valence-electron chi connectivity index (χ0n) is 16.6. The molecule has 5 rings (SSSR count). The summed E-state index contributed by atoms with van der Waals surface area (Å²) in [5, 5.41) is 6.34. The van der Waals surface area contributed by atoms with Gasteiger partial charge in [0.25, 0.3) is 5.91 Å². The lowest BCUT2D eigenvalue weighted by Gasteiger charge is -2.27. The van der Waals surface area contributed by atoms with E-state index in [0.29, 0.717) is 22.0 Å². The van der Waals surface area contributed by atoms with Crippen molar-refractivity contribution in [1.29, 1.82) is 0 Å². The van der Waals surface area contributed by atoms with Gasteiger partial charge in [0.2, 0.25) is 5.91 Å². The van der Waals surface area contributed by atoms with E-state index in [-0.39, 0.29) is 46.5 Å². The van der Waals surface area contributed by atoms with Gasteiger partial charge in [-0.3, -0.25) is 14.4 Å². The van der Waals surface area contributed by atoms with Crippen LogP contribution in [-0.4, -0.2) is 28.7 Å². The van der Waals surface area contributed by atoms with Crippen molar-refractivity contribution >= 4 is 56.7 Å². The molecule has 160 valence electrons. The van der Waals surface area contributed by atoms with Gasteiger partial charge in [-0.25, -0.2) is 0 Å². The number of hydrogen-bond donors (Lipinski definition) is 2. The van der Waals surface area contributed by atoms with E-state index >= 15 is 0 Å². The van der Waals surface area contributed by atoms with E-state index in [0.717, 1.165) is 12.0 Å². The Morgan fingerprint density at radius 3 is 2.58 bits per heavy atom. The Balaban J connectivity index is 1.26. The summed E-state index contributed by atoms with van der Waals surface area (Å²) in [7, 11) is 0. The molecule has 31 heavy (non-hydrogen) atoms. The van der Waals surface area contributed by atoms with Crippen molar-refractivity contribution in [3.8, 4) is 0 Å². The highest BCUT2D eigenvalue weighted by atomic mass is 79.9. The number of alkyl halides is 1. The largest absolute Gasteiger partial charge is 0.461 e. The van der Waals surface area contributed by atoms with Crippen LogP contribution in [0.1, 0.15) is 22.3 Å². The van der Waals surface area contributed by atoms with Gasteiger partial charge >= 0.3 is 5.97 Å². The van der Waals surface area contributed by atoms with Crippen LogP contribution in [0.25, 0.3) is 0 Å². The lowest BCUT2D eigenvalue weighted by atomic mass is 9.79. The maximum atomic E-state index is 13.0. The van der Waals surface area contributed by atoms with Crippen LogP contribution in [0.5, 0.6) is 0 Å². The fraction of sp³-hybridized carbons (Fsp3) is 0.348. The van der Waals surface area contributed by atoms with Gasteiger partial charge < -0.3 is 15.4 Å². The van der Waals surface area contributed by atoms with Crippen LogP contribution in [-0.2, 0) is 14.3 Å². The highest BCUT2D eigenvalue weighted by molar-refractivity contribution is 9.09. The van der Waals surface area contributed by atoms with E-state index < -0.39 is 5.92 Å². The fourth-order valence-corrected chi connectivity index (χ4v) is 6.42. The highest BCUT2D eigenvalue weighted by Gasteiger charge is 2.67. The molecule has 2 aromatic carbocycles. The second kappa shape index (κ2) is 7.64. The van der Waals surface area contributed by atoms with Crippen LogP contribution in [0.15, 0.2) is 42.5 Å². The molecule has 8 heteroatoms. The predicted molar refractivity (Wildman–Crippen MR) is 120 cm³/mol. The first-order chi connectivity index (χ1) is 14.8. The minimum absolute atomic E-state index is 0.0250. The number of fused-ring (bicyclic) bond motifs is 1. The molecule has 2 aromatic rings. The monoisotopic (exact) mass is 502 g/mol. The van der Waals surface area contributed by atoms with Crippen LogP contribution in [0.2, 0.25) is 5.02 Å². The molecule has 2 aliphatic carbocycles. The first-order valence-electron chi connectivity index (χ1n) is 10.2. The van der Waals surface area contributed by atoms with Crippen molar-refractivity contribution in [2.45, 2.75) is 24.3 Å². The SMILES string of the molecule is Cc1c(Cl)cccc1NC(=O)c1ccc(NC(=O)[C@@H]2[C@H]3C[C@H]4[C@H](OC(=O)[C@H]42)[C@H]3Br)cc1. The van der Waals surface area contributed by atoms with Crippen molar-refractivity contribution in [1.82, 2.24) is 0 Å². The molecule has 0 radical (unpaired) electrons. The third kappa shape index (κ3) is 3.34. The minimum atomic E-state index is -0.394. The summed E-state index contributed by atoms with van der Waals surface area (Å²) in [6.07, 6.45) is 0.726. The van der Waals surface area contributed by atoms with Crippen LogP contribution >= 0.6 is 27.5 Å². The number of amides is 2. The standard InChI is InChI=1S/C23H20BrClN2O4/c1-10-15(25)3-2-4-16(10)27-21(28)11-5-7-12(8-6-11)26-22(29)17-13-9-14-18(17)23(30)31-20(14)19(13)24/h2-8,13-14,17-20H,9H2,1H3,(H,26,29)(H,27,28)/t13-,14-,17-,18-,19+,20+/m1/s1. The molecule has 1 saturated heterocycles. The molecule has 3 fully saturated rings. The van der Waals surface area contributed by atoms with Gasteiger partial charge in [0.1, 0.15) is 6.10 Å². The molecular weight excluding hydrogens is 484 g/mol. The van der Waals surface area contributed by atoms with Crippen LogP contribution in [0.4, 0.5) is 11.4 Å². The van der Waals surface area contributed by atoms with Crippen molar-refractivity contribution < 1.29 is 19.1 Å². The summed E-state index contributed by atoms with van der Waals surface area (Å²) in [5.41, 5.74) is 2.49. The first kappa shape index (κ1) is 20.5. The smallest absolute Gasteiger partial charge is 0.310 e. The Morgan fingerprint density at radius 2 is 1.84 bits per heavy atom. The summed E-state index contributed by atoms with van der Waals surface area (Å²) in [4.78, 5) is 37.8. The summed E-state index contributed by atoms with van der Waals surface area (Å²) >= 11 is 9.73. The quantitative estimate of drug-likeness (QED) is 0.478. The molecule has 2 N–H and O–H groups in total. The molecular formula is C23H20BrClN2O4. The van der Waals surface area contributed by atoms with E-state index in [1.807, 2.05) is 6.92 Å². The number of rotatable bonds is 4. The maximum Gasteiger partial charge on any atom is 0.310 e. The molecule has 2 amide bonds. The fourth-order valence-electron chi connectivity index (χ4n) is 5.20. The van der Waals surface area contributed by atoms with Gasteiger partial charge in [-0.2, -0.15) is 0 Å². The molecule has 1 aliphatic heterocycles. The molecule has 0 unspecified atom stereocenters. The molecule has 6 nitrogen and oxygen atoms in total. The van der Waals surface area contributed by atoms with Gasteiger partial charge in [-0.05, 0) is 61.2 Å². The van der Waals surface area contributed by atoms with Crippen LogP contribution in [0.3, 0.4) is 0 Å². The number of esters is 1. The van der Waals surface area contributed by atoms with Gasteiger partial charge in [-0.1, -0.05) is 33.6 Å². The second-order valence-electron chi connectivity index (χ2n) is 8.39. The molecule has 6 atom stereocenters. The Hall–Kier alpha value is -2.38. The van der Waals surface area contributed by atoms with Crippen LogP contribution in [0, 0.1) is 30.6 Å². The number of halogens is 2. The number of carbonyl (C=O) groups excluding carboxylic acids is 3. The topological polar surface area (TPSA) is 84.5 Å². The first-order valence-corrected chi connectivity index (χ1v) is 11.5. The van der Waals surface area contributed by atoms with E-state index in [4.69, 9.17) is 16.3 Å². The molecule has 3 aliphatic rings. The normalized spacial score (nSPS) is 30.2. The van der Waals surface area contributed by atoms with Crippen molar-refractivity contribution in [2.24, 2.45) is 23.7 Å². The van der Waals surface area contributed by atoms with E-state index in [1.165, 1.54) is 0 Å². The zero-order valence-corrected chi connectivity index (χ0v) is 18.9. The average Bonchev–Trinajstić information content (AvgIpc) is 3.36. The van der Waals surface area contributed by atoms with E-state index in [2.05, 4.69) is 26.6 Å². The van der Waals surface area contributed by atoms with Gasteiger partial charge in [0.05, 0.1) is 16.7 Å². The van der Waals surface area contributed by atoms with Crippen molar-refractivity contribution in [2.75, 3.05) is 10.6 Å². The lowest BCUT2D eigenvalue weighted by Crippen LogP contribution is -2.40. The third-order valence-corrected chi connectivity index (χ3v) is 8.37. The number of carbonyl (C=O) groups is 3. The number of anilines is 2. The Bertz CT molecular complexity index is 1090. The summed E-state index contributed by atoms with van der Waals surface area (Å²) in [6.45, 7) is 1.84. The number of nitrogens with one attached hydrogen (secondary N) is 2. The number of hydrogen-bond acceptors (Lipinski definition) is 4. The van der Waals surface area contributed by atoms with Crippen LogP contribution < -0.4 is 10.6 Å². The highest BCUT2D eigenvalue weighted by Crippen LogP contribution is 2.60. The molecule has 1 heterocycles. The number of benzene rings is 2. The van der Waals surface area contributed by atoms with Gasteiger partial charge in [0.15, 0.2) is 0 Å². The zero-order chi connectivity index (χ0) is 21.9. The maximum absolute atomic E-state index is 13.0.